The summed E-state index contributed by atoms with van der Waals surface area (Å²) in [5, 5.41) is 18.8. The van der Waals surface area contributed by atoms with Gasteiger partial charge in [0, 0.05) is 6.61 Å². The topological polar surface area (TPSA) is 113 Å². The second-order valence-electron chi connectivity index (χ2n) is 6.36. The number of aromatic amines is 1. The number of aromatic nitrogens is 3. The van der Waals surface area contributed by atoms with Gasteiger partial charge in [-0.1, -0.05) is 25.6 Å². The summed E-state index contributed by atoms with van der Waals surface area (Å²) in [5.74, 6) is -0.198. The molecule has 1 amide bonds. The summed E-state index contributed by atoms with van der Waals surface area (Å²) in [5.41, 5.74) is -1.22. The van der Waals surface area contributed by atoms with Crippen molar-refractivity contribution < 1.29 is 9.53 Å². The van der Waals surface area contributed by atoms with Crippen molar-refractivity contribution in [1.29, 1.82) is 5.26 Å². The molecule has 0 bridgehead atoms. The minimum absolute atomic E-state index is 0.0105. The highest BCUT2D eigenvalue weighted by atomic mass is 32.2. The van der Waals surface area contributed by atoms with E-state index in [1.54, 1.807) is 6.92 Å². The minimum Gasteiger partial charge on any atom is -0.376 e. The predicted octanol–water partition coefficient (Wildman–Crippen LogP) is 0.897. The summed E-state index contributed by atoms with van der Waals surface area (Å²) in [4.78, 5) is 24.0. The number of nitriles is 1. The van der Waals surface area contributed by atoms with Gasteiger partial charge < -0.3 is 10.1 Å². The number of amides is 1. The van der Waals surface area contributed by atoms with Crippen LogP contribution < -0.4 is 11.0 Å². The van der Waals surface area contributed by atoms with E-state index in [0.29, 0.717) is 18.3 Å². The monoisotopic (exact) mass is 353 g/mol. The van der Waals surface area contributed by atoms with Crippen molar-refractivity contribution in [1.82, 2.24) is 20.1 Å². The molecule has 1 aromatic heterocycles. The Kier molecular flexibility index (Phi) is 6.07. The number of carbonyl (C=O) groups excluding carboxylic acids is 1. The molecule has 1 aliphatic rings. The largest absolute Gasteiger partial charge is 0.376 e. The molecule has 2 rings (SSSR count). The van der Waals surface area contributed by atoms with Crippen LogP contribution in [0.1, 0.15) is 33.6 Å². The van der Waals surface area contributed by atoms with Crippen LogP contribution in [-0.2, 0) is 16.1 Å². The molecule has 1 fully saturated rings. The van der Waals surface area contributed by atoms with Gasteiger partial charge in [-0.05, 0) is 25.7 Å². The SMILES string of the molecule is CC(C)[C@](C)(C#N)NC(=O)CSc1n[nH]c(=O)n1C[C@@H]1CCCO1. The molecule has 132 valence electrons. The Morgan fingerprint density at radius 2 is 2.42 bits per heavy atom. The predicted molar refractivity (Wildman–Crippen MR) is 89.5 cm³/mol. The van der Waals surface area contributed by atoms with E-state index < -0.39 is 5.54 Å². The molecule has 2 heterocycles. The van der Waals surface area contributed by atoms with Crippen LogP contribution >= 0.6 is 11.8 Å². The van der Waals surface area contributed by atoms with Crippen molar-refractivity contribution in [3.63, 3.8) is 0 Å². The lowest BCUT2D eigenvalue weighted by molar-refractivity contribution is -0.120. The first-order chi connectivity index (χ1) is 11.4. The zero-order valence-electron chi connectivity index (χ0n) is 14.2. The summed E-state index contributed by atoms with van der Waals surface area (Å²) in [6.07, 6.45) is 1.91. The number of carbonyl (C=O) groups is 1. The van der Waals surface area contributed by atoms with Gasteiger partial charge in [0.15, 0.2) is 5.16 Å². The fraction of sp³-hybridized carbons (Fsp3) is 0.733. The molecule has 0 unspecified atom stereocenters. The van der Waals surface area contributed by atoms with E-state index in [4.69, 9.17) is 4.74 Å². The second-order valence-corrected chi connectivity index (χ2v) is 7.31. The summed E-state index contributed by atoms with van der Waals surface area (Å²) < 4.78 is 7.04. The Balaban J connectivity index is 1.96. The van der Waals surface area contributed by atoms with Crippen molar-refractivity contribution in [3.05, 3.63) is 10.5 Å². The van der Waals surface area contributed by atoms with Crippen molar-refractivity contribution in [2.45, 2.75) is 57.0 Å². The third-order valence-electron chi connectivity index (χ3n) is 4.25. The number of hydrogen-bond donors (Lipinski definition) is 2. The Morgan fingerprint density at radius 1 is 1.67 bits per heavy atom. The zero-order valence-corrected chi connectivity index (χ0v) is 15.0. The first-order valence-electron chi connectivity index (χ1n) is 7.97. The maximum absolute atomic E-state index is 12.1. The Morgan fingerprint density at radius 3 is 3.00 bits per heavy atom. The smallest absolute Gasteiger partial charge is 0.344 e. The average molecular weight is 353 g/mol. The van der Waals surface area contributed by atoms with E-state index in [-0.39, 0.29) is 29.4 Å². The van der Waals surface area contributed by atoms with Gasteiger partial charge in [0.05, 0.1) is 24.5 Å². The number of nitrogens with zero attached hydrogens (tertiary/aromatic N) is 3. The molecule has 1 aliphatic heterocycles. The average Bonchev–Trinajstić information content (AvgIpc) is 3.17. The van der Waals surface area contributed by atoms with Crippen molar-refractivity contribution in [2.24, 2.45) is 5.92 Å². The number of rotatable bonds is 7. The van der Waals surface area contributed by atoms with Crippen LogP contribution in [0, 0.1) is 17.2 Å². The maximum atomic E-state index is 12.1. The van der Waals surface area contributed by atoms with E-state index in [1.165, 1.54) is 16.3 Å². The van der Waals surface area contributed by atoms with Gasteiger partial charge in [0.2, 0.25) is 5.91 Å². The van der Waals surface area contributed by atoms with Gasteiger partial charge in [-0.3, -0.25) is 9.36 Å². The molecule has 0 aliphatic carbocycles. The molecule has 0 radical (unpaired) electrons. The van der Waals surface area contributed by atoms with Gasteiger partial charge in [0.1, 0.15) is 5.54 Å². The molecular weight excluding hydrogens is 330 g/mol. The van der Waals surface area contributed by atoms with E-state index in [2.05, 4.69) is 21.6 Å². The number of ether oxygens (including phenoxy) is 1. The van der Waals surface area contributed by atoms with Gasteiger partial charge >= 0.3 is 5.69 Å². The lowest BCUT2D eigenvalue weighted by atomic mass is 9.90. The molecule has 0 spiro atoms. The molecule has 9 heteroatoms. The second kappa shape index (κ2) is 7.85. The number of H-pyrrole nitrogens is 1. The number of nitrogens with one attached hydrogen (secondary N) is 2. The van der Waals surface area contributed by atoms with E-state index in [0.717, 1.165) is 12.8 Å². The van der Waals surface area contributed by atoms with Gasteiger partial charge in [-0.25, -0.2) is 9.89 Å². The van der Waals surface area contributed by atoms with Crippen LogP contribution in [0.15, 0.2) is 9.95 Å². The Labute approximate surface area is 144 Å². The van der Waals surface area contributed by atoms with Gasteiger partial charge in [-0.15, -0.1) is 5.10 Å². The van der Waals surface area contributed by atoms with E-state index in [9.17, 15) is 14.9 Å². The minimum atomic E-state index is -0.916. The molecule has 2 atom stereocenters. The highest BCUT2D eigenvalue weighted by molar-refractivity contribution is 7.99. The van der Waals surface area contributed by atoms with Gasteiger partial charge in [0.25, 0.3) is 0 Å². The highest BCUT2D eigenvalue weighted by Crippen LogP contribution is 2.19. The summed E-state index contributed by atoms with van der Waals surface area (Å²) in [7, 11) is 0. The maximum Gasteiger partial charge on any atom is 0.344 e. The fourth-order valence-electron chi connectivity index (χ4n) is 2.32. The molecule has 24 heavy (non-hydrogen) atoms. The van der Waals surface area contributed by atoms with E-state index in [1.807, 2.05) is 13.8 Å². The van der Waals surface area contributed by atoms with Crippen LogP contribution in [0.5, 0.6) is 0 Å². The fourth-order valence-corrected chi connectivity index (χ4v) is 3.08. The number of thioether (sulfide) groups is 1. The van der Waals surface area contributed by atoms with Crippen molar-refractivity contribution in [2.75, 3.05) is 12.4 Å². The standard InChI is InChI=1S/C15H23N5O3S/c1-10(2)15(3,9-16)17-12(21)8-24-14-19-18-13(22)20(14)7-11-5-4-6-23-11/h10-11H,4-8H2,1-3H3,(H,17,21)(H,18,22)/t11-,15-/m0/s1. The third-order valence-corrected chi connectivity index (χ3v) is 5.23. The first kappa shape index (κ1) is 18.5. The van der Waals surface area contributed by atoms with Crippen LogP contribution in [0.2, 0.25) is 0 Å². The molecule has 1 saturated heterocycles. The van der Waals surface area contributed by atoms with Crippen molar-refractivity contribution >= 4 is 17.7 Å². The van der Waals surface area contributed by atoms with E-state index >= 15 is 0 Å². The summed E-state index contributed by atoms with van der Waals surface area (Å²) in [6.45, 7) is 6.60. The molecular formula is C15H23N5O3S. The lowest BCUT2D eigenvalue weighted by Gasteiger charge is -2.27. The molecule has 0 saturated carbocycles. The van der Waals surface area contributed by atoms with Crippen LogP contribution in [0.3, 0.4) is 0 Å². The van der Waals surface area contributed by atoms with Crippen LogP contribution in [-0.4, -0.2) is 44.7 Å². The summed E-state index contributed by atoms with van der Waals surface area (Å²) >= 11 is 1.17. The van der Waals surface area contributed by atoms with Crippen LogP contribution in [0.25, 0.3) is 0 Å². The zero-order chi connectivity index (χ0) is 17.7. The molecule has 2 N–H and O–H groups in total. The normalized spacial score (nSPS) is 19.9. The van der Waals surface area contributed by atoms with Crippen molar-refractivity contribution in [3.8, 4) is 6.07 Å². The molecule has 1 aromatic rings. The quantitative estimate of drug-likeness (QED) is 0.704. The molecule has 8 nitrogen and oxygen atoms in total. The third kappa shape index (κ3) is 4.39. The Bertz CT molecular complexity index is 671. The summed E-state index contributed by atoms with van der Waals surface area (Å²) in [6, 6.07) is 2.14. The lowest BCUT2D eigenvalue weighted by Crippen LogP contribution is -2.49. The molecule has 0 aromatic carbocycles. The first-order valence-corrected chi connectivity index (χ1v) is 8.96. The number of hydrogen-bond acceptors (Lipinski definition) is 6. The highest BCUT2D eigenvalue weighted by Gasteiger charge is 2.30. The Hall–Kier alpha value is -1.79. The van der Waals surface area contributed by atoms with Crippen LogP contribution in [0.4, 0.5) is 0 Å². The van der Waals surface area contributed by atoms with Gasteiger partial charge in [-0.2, -0.15) is 5.26 Å².